The van der Waals surface area contributed by atoms with E-state index in [1.807, 2.05) is 18.2 Å². The van der Waals surface area contributed by atoms with E-state index in [9.17, 15) is 8.42 Å². The number of para-hydroxylation sites is 1. The van der Waals surface area contributed by atoms with Crippen molar-refractivity contribution in [1.82, 2.24) is 0 Å². The molecule has 0 aromatic heterocycles. The predicted molar refractivity (Wildman–Crippen MR) is 85.6 cm³/mol. The van der Waals surface area contributed by atoms with Gasteiger partial charge in [-0.15, -0.1) is 0 Å². The van der Waals surface area contributed by atoms with Crippen molar-refractivity contribution < 1.29 is 8.42 Å². The molecule has 0 spiro atoms. The molecule has 0 saturated carbocycles. The molecule has 4 nitrogen and oxygen atoms in total. The number of fused-ring (bicyclic) bond motifs is 1. The van der Waals surface area contributed by atoms with Crippen molar-refractivity contribution >= 4 is 32.2 Å². The maximum atomic E-state index is 12.6. The topological polar surface area (TPSA) is 72.2 Å². The van der Waals surface area contributed by atoms with Crippen LogP contribution in [-0.2, 0) is 10.0 Å². The van der Waals surface area contributed by atoms with Crippen LogP contribution >= 0.6 is 0 Å². The minimum Gasteiger partial charge on any atom is -0.398 e. The lowest BCUT2D eigenvalue weighted by Crippen LogP contribution is -2.13. The van der Waals surface area contributed by atoms with Crippen LogP contribution < -0.4 is 10.5 Å². The van der Waals surface area contributed by atoms with Gasteiger partial charge in [-0.2, -0.15) is 0 Å². The third kappa shape index (κ3) is 2.55. The van der Waals surface area contributed by atoms with Crippen molar-refractivity contribution in [3.8, 4) is 0 Å². The standard InChI is InChI=1S/C16H14N2O2S/c17-15-10-11-16(14-9-5-4-8-13(14)15)21(19,20)18-12-6-2-1-3-7-12/h1-11,18H,17H2. The van der Waals surface area contributed by atoms with Gasteiger partial charge in [-0.3, -0.25) is 4.72 Å². The van der Waals surface area contributed by atoms with E-state index < -0.39 is 10.0 Å². The van der Waals surface area contributed by atoms with Crippen molar-refractivity contribution in [3.05, 3.63) is 66.7 Å². The summed E-state index contributed by atoms with van der Waals surface area (Å²) >= 11 is 0. The van der Waals surface area contributed by atoms with Gasteiger partial charge in [-0.25, -0.2) is 8.42 Å². The van der Waals surface area contributed by atoms with Gasteiger partial charge in [-0.05, 0) is 24.3 Å². The zero-order chi connectivity index (χ0) is 14.9. The van der Waals surface area contributed by atoms with E-state index in [1.165, 1.54) is 6.07 Å². The molecule has 0 amide bonds. The smallest absolute Gasteiger partial charge is 0.262 e. The SMILES string of the molecule is Nc1ccc(S(=O)(=O)Nc2ccccc2)c2ccccc12. The average Bonchev–Trinajstić information content (AvgIpc) is 2.48. The Morgan fingerprint density at radius 2 is 1.38 bits per heavy atom. The molecular weight excluding hydrogens is 284 g/mol. The summed E-state index contributed by atoms with van der Waals surface area (Å²) in [6.45, 7) is 0. The van der Waals surface area contributed by atoms with Crippen LogP contribution in [0.15, 0.2) is 71.6 Å². The molecule has 3 aromatic carbocycles. The highest BCUT2D eigenvalue weighted by Gasteiger charge is 2.18. The Morgan fingerprint density at radius 1 is 0.762 bits per heavy atom. The van der Waals surface area contributed by atoms with Crippen molar-refractivity contribution in [2.45, 2.75) is 4.90 Å². The molecule has 0 aliphatic heterocycles. The highest BCUT2D eigenvalue weighted by molar-refractivity contribution is 7.93. The van der Waals surface area contributed by atoms with E-state index >= 15 is 0 Å². The first kappa shape index (κ1) is 13.5. The van der Waals surface area contributed by atoms with Crippen molar-refractivity contribution in [3.63, 3.8) is 0 Å². The van der Waals surface area contributed by atoms with Gasteiger partial charge in [0, 0.05) is 22.1 Å². The lowest BCUT2D eigenvalue weighted by molar-refractivity contribution is 0.602. The molecule has 3 N–H and O–H groups in total. The Bertz CT molecular complexity index is 891. The molecule has 0 aliphatic carbocycles. The van der Waals surface area contributed by atoms with Crippen LogP contribution in [0.2, 0.25) is 0 Å². The summed E-state index contributed by atoms with van der Waals surface area (Å²) in [5.41, 5.74) is 6.99. The van der Waals surface area contributed by atoms with E-state index in [0.29, 0.717) is 16.8 Å². The first-order valence-electron chi connectivity index (χ1n) is 6.43. The predicted octanol–water partition coefficient (Wildman–Crippen LogP) is 3.22. The molecule has 0 radical (unpaired) electrons. The van der Waals surface area contributed by atoms with E-state index in [4.69, 9.17) is 5.73 Å². The van der Waals surface area contributed by atoms with Gasteiger partial charge in [0.15, 0.2) is 0 Å². The molecule has 0 unspecified atom stereocenters. The van der Waals surface area contributed by atoms with Gasteiger partial charge in [0.1, 0.15) is 0 Å². The molecule has 0 atom stereocenters. The van der Waals surface area contributed by atoms with Gasteiger partial charge in [0.05, 0.1) is 4.90 Å². The number of nitrogens with two attached hydrogens (primary N) is 1. The summed E-state index contributed by atoms with van der Waals surface area (Å²) < 4.78 is 27.7. The Kier molecular flexibility index (Phi) is 3.27. The third-order valence-corrected chi connectivity index (χ3v) is 4.67. The first-order chi connectivity index (χ1) is 10.1. The second-order valence-electron chi connectivity index (χ2n) is 4.67. The normalized spacial score (nSPS) is 11.4. The Morgan fingerprint density at radius 3 is 2.10 bits per heavy atom. The molecule has 0 saturated heterocycles. The second-order valence-corrected chi connectivity index (χ2v) is 6.32. The minimum absolute atomic E-state index is 0.219. The Hall–Kier alpha value is -2.53. The van der Waals surface area contributed by atoms with Gasteiger partial charge < -0.3 is 5.73 Å². The summed E-state index contributed by atoms with van der Waals surface area (Å²) in [6.07, 6.45) is 0. The molecule has 3 aromatic rings. The summed E-state index contributed by atoms with van der Waals surface area (Å²) in [4.78, 5) is 0.219. The fraction of sp³-hybridized carbons (Fsp3) is 0. The first-order valence-corrected chi connectivity index (χ1v) is 7.91. The average molecular weight is 298 g/mol. The van der Waals surface area contributed by atoms with Gasteiger partial charge in [0.25, 0.3) is 10.0 Å². The second kappa shape index (κ2) is 5.10. The largest absolute Gasteiger partial charge is 0.398 e. The quantitative estimate of drug-likeness (QED) is 0.729. The number of anilines is 2. The van der Waals surface area contributed by atoms with Crippen LogP contribution in [0.4, 0.5) is 11.4 Å². The van der Waals surface area contributed by atoms with E-state index in [2.05, 4.69) is 4.72 Å². The lowest BCUT2D eigenvalue weighted by Gasteiger charge is -2.11. The van der Waals surface area contributed by atoms with E-state index in [0.717, 1.165) is 5.39 Å². The van der Waals surface area contributed by atoms with Gasteiger partial charge >= 0.3 is 0 Å². The van der Waals surface area contributed by atoms with Crippen LogP contribution in [0.25, 0.3) is 10.8 Å². The maximum absolute atomic E-state index is 12.6. The monoisotopic (exact) mass is 298 g/mol. The van der Waals surface area contributed by atoms with Crippen LogP contribution in [-0.4, -0.2) is 8.42 Å². The fourth-order valence-corrected chi connectivity index (χ4v) is 3.52. The number of sulfonamides is 1. The highest BCUT2D eigenvalue weighted by Crippen LogP contribution is 2.28. The number of hydrogen-bond acceptors (Lipinski definition) is 3. The maximum Gasteiger partial charge on any atom is 0.262 e. The molecular formula is C16H14N2O2S. The molecule has 0 fully saturated rings. The Balaban J connectivity index is 2.14. The number of rotatable bonds is 3. The zero-order valence-electron chi connectivity index (χ0n) is 11.2. The zero-order valence-corrected chi connectivity index (χ0v) is 12.0. The van der Waals surface area contributed by atoms with Crippen molar-refractivity contribution in [2.75, 3.05) is 10.5 Å². The van der Waals surface area contributed by atoms with E-state index in [-0.39, 0.29) is 4.90 Å². The summed E-state index contributed by atoms with van der Waals surface area (Å²) in [5.74, 6) is 0. The molecule has 3 rings (SSSR count). The van der Waals surface area contributed by atoms with Crippen LogP contribution in [0.3, 0.4) is 0 Å². The van der Waals surface area contributed by atoms with Gasteiger partial charge in [-0.1, -0.05) is 42.5 Å². The summed E-state index contributed by atoms with van der Waals surface area (Å²) in [5, 5.41) is 1.34. The summed E-state index contributed by atoms with van der Waals surface area (Å²) in [7, 11) is -3.66. The third-order valence-electron chi connectivity index (χ3n) is 3.23. The summed E-state index contributed by atoms with van der Waals surface area (Å²) in [6, 6.07) is 19.1. The lowest BCUT2D eigenvalue weighted by atomic mass is 10.1. The number of benzene rings is 3. The van der Waals surface area contributed by atoms with Crippen LogP contribution in [0.5, 0.6) is 0 Å². The highest BCUT2D eigenvalue weighted by atomic mass is 32.2. The van der Waals surface area contributed by atoms with E-state index in [1.54, 1.807) is 42.5 Å². The van der Waals surface area contributed by atoms with Crippen LogP contribution in [0.1, 0.15) is 0 Å². The number of hydrogen-bond donors (Lipinski definition) is 2. The molecule has 0 aliphatic rings. The van der Waals surface area contributed by atoms with Crippen molar-refractivity contribution in [2.24, 2.45) is 0 Å². The number of nitrogens with one attached hydrogen (secondary N) is 1. The fourth-order valence-electron chi connectivity index (χ4n) is 2.25. The molecule has 5 heteroatoms. The van der Waals surface area contributed by atoms with Gasteiger partial charge in [0.2, 0.25) is 0 Å². The molecule has 0 bridgehead atoms. The molecule has 0 heterocycles. The minimum atomic E-state index is -3.66. The van der Waals surface area contributed by atoms with Crippen LogP contribution in [0, 0.1) is 0 Å². The Labute approximate surface area is 123 Å². The van der Waals surface area contributed by atoms with Crippen molar-refractivity contribution in [1.29, 1.82) is 0 Å². The number of nitrogen functional groups attached to an aromatic ring is 1. The molecule has 21 heavy (non-hydrogen) atoms. The molecule has 106 valence electrons.